The van der Waals surface area contributed by atoms with Gasteiger partial charge in [0.15, 0.2) is 5.78 Å². The molecule has 0 aromatic heterocycles. The molecule has 2 aliphatic rings. The van der Waals surface area contributed by atoms with E-state index in [0.29, 0.717) is 6.61 Å². The van der Waals surface area contributed by atoms with Gasteiger partial charge in [0.2, 0.25) is 0 Å². The summed E-state index contributed by atoms with van der Waals surface area (Å²) in [5, 5.41) is 0. The van der Waals surface area contributed by atoms with Crippen LogP contribution in [0.4, 0.5) is 0 Å². The molecular weight excluding hydrogens is 314 g/mol. The number of ketones is 1. The molecule has 2 aliphatic heterocycles. The lowest BCUT2D eigenvalue weighted by molar-refractivity contribution is -0.120. The Morgan fingerprint density at radius 1 is 1.25 bits per heavy atom. The molecule has 1 unspecified atom stereocenters. The van der Waals surface area contributed by atoms with Gasteiger partial charge in [0.25, 0.3) is 11.8 Å². The highest BCUT2D eigenvalue weighted by atomic mass is 16.5. The van der Waals surface area contributed by atoms with Crippen LogP contribution >= 0.6 is 0 Å². The van der Waals surface area contributed by atoms with Gasteiger partial charge in [-0.3, -0.25) is 19.3 Å². The quantitative estimate of drug-likeness (QED) is 0.595. The van der Waals surface area contributed by atoms with Gasteiger partial charge in [0, 0.05) is 6.61 Å². The highest BCUT2D eigenvalue weighted by Gasteiger charge is 2.38. The molecule has 1 fully saturated rings. The van der Waals surface area contributed by atoms with Crippen LogP contribution in [0.1, 0.15) is 50.8 Å². The van der Waals surface area contributed by atoms with E-state index in [9.17, 15) is 19.2 Å². The molecule has 126 valence electrons. The second-order valence-corrected chi connectivity index (χ2v) is 5.89. The maximum atomic E-state index is 12.5. The van der Waals surface area contributed by atoms with E-state index in [2.05, 4.69) is 0 Å². The molecule has 0 aliphatic carbocycles. The Morgan fingerprint density at radius 2 is 2.00 bits per heavy atom. The fourth-order valence-corrected chi connectivity index (χ4v) is 2.83. The van der Waals surface area contributed by atoms with Gasteiger partial charge in [-0.15, -0.1) is 0 Å². The number of hydrogen-bond acceptors (Lipinski definition) is 6. The Balaban J connectivity index is 1.78. The zero-order chi connectivity index (χ0) is 17.3. The number of imide groups is 1. The zero-order valence-corrected chi connectivity index (χ0v) is 13.2. The van der Waals surface area contributed by atoms with Gasteiger partial charge in [-0.05, 0) is 38.0 Å². The first-order valence-electron chi connectivity index (χ1n) is 7.76. The van der Waals surface area contributed by atoms with Crippen LogP contribution in [-0.4, -0.2) is 54.3 Å². The van der Waals surface area contributed by atoms with Crippen LogP contribution in [-0.2, 0) is 14.3 Å². The molecule has 24 heavy (non-hydrogen) atoms. The summed E-state index contributed by atoms with van der Waals surface area (Å²) < 4.78 is 10.3. The molecule has 0 saturated carbocycles. The minimum atomic E-state index is -0.703. The van der Waals surface area contributed by atoms with Crippen LogP contribution in [0.15, 0.2) is 18.2 Å². The number of nitrogens with zero attached hydrogens (tertiary/aromatic N) is 1. The Labute approximate surface area is 138 Å². The van der Waals surface area contributed by atoms with Crippen molar-refractivity contribution in [2.75, 3.05) is 19.8 Å². The number of rotatable bonds is 5. The maximum Gasteiger partial charge on any atom is 0.338 e. The van der Waals surface area contributed by atoms with Crippen molar-refractivity contribution in [2.24, 2.45) is 0 Å². The van der Waals surface area contributed by atoms with Gasteiger partial charge in [-0.2, -0.15) is 0 Å². The topological polar surface area (TPSA) is 90.0 Å². The standard InChI is InChI=1S/C17H17NO6/c1-10(19)9-24-17(22)11-4-5-13-14(7-11)16(21)18(15(13)20)8-12-3-2-6-23-12/h4-5,7,12H,2-3,6,8-9H2,1H3. The third-order valence-electron chi connectivity index (χ3n) is 4.02. The van der Waals surface area contributed by atoms with Crippen molar-refractivity contribution in [3.63, 3.8) is 0 Å². The molecule has 1 aromatic rings. The normalized spacial score (nSPS) is 19.5. The fourth-order valence-electron chi connectivity index (χ4n) is 2.83. The predicted molar refractivity (Wildman–Crippen MR) is 81.7 cm³/mol. The lowest BCUT2D eigenvalue weighted by Crippen LogP contribution is -2.36. The molecule has 1 aromatic carbocycles. The van der Waals surface area contributed by atoms with Gasteiger partial charge < -0.3 is 9.47 Å². The summed E-state index contributed by atoms with van der Waals surface area (Å²) in [5.41, 5.74) is 0.575. The third kappa shape index (κ3) is 3.07. The van der Waals surface area contributed by atoms with Crippen LogP contribution < -0.4 is 0 Å². The zero-order valence-electron chi connectivity index (χ0n) is 13.2. The second-order valence-electron chi connectivity index (χ2n) is 5.89. The first-order valence-corrected chi connectivity index (χ1v) is 7.76. The lowest BCUT2D eigenvalue weighted by Gasteiger charge is -2.17. The monoisotopic (exact) mass is 331 g/mol. The predicted octanol–water partition coefficient (Wildman–Crippen LogP) is 1.21. The number of carbonyl (C=O) groups is 4. The average Bonchev–Trinajstić information content (AvgIpc) is 3.15. The molecule has 0 spiro atoms. The molecular formula is C17H17NO6. The molecule has 2 amide bonds. The summed E-state index contributed by atoms with van der Waals surface area (Å²) in [6.45, 7) is 1.84. The molecule has 2 heterocycles. The third-order valence-corrected chi connectivity index (χ3v) is 4.02. The number of carbonyl (C=O) groups excluding carboxylic acids is 4. The van der Waals surface area contributed by atoms with Crippen molar-refractivity contribution in [1.82, 2.24) is 4.90 Å². The van der Waals surface area contributed by atoms with E-state index in [1.807, 2.05) is 0 Å². The summed E-state index contributed by atoms with van der Waals surface area (Å²) in [4.78, 5) is 48.8. The van der Waals surface area contributed by atoms with Crippen LogP contribution in [0.3, 0.4) is 0 Å². The molecule has 7 heteroatoms. The van der Waals surface area contributed by atoms with Crippen LogP contribution in [0.2, 0.25) is 0 Å². The van der Waals surface area contributed by atoms with Crippen molar-refractivity contribution in [3.8, 4) is 0 Å². The SMILES string of the molecule is CC(=O)COC(=O)c1ccc2c(c1)C(=O)N(CC1CCCO1)C2=O. The van der Waals surface area contributed by atoms with E-state index in [1.165, 1.54) is 25.1 Å². The van der Waals surface area contributed by atoms with E-state index in [0.717, 1.165) is 17.7 Å². The summed E-state index contributed by atoms with van der Waals surface area (Å²) in [6.07, 6.45) is 1.60. The van der Waals surface area contributed by atoms with Gasteiger partial charge in [0.1, 0.15) is 6.61 Å². The lowest BCUT2D eigenvalue weighted by atomic mass is 10.1. The van der Waals surface area contributed by atoms with Gasteiger partial charge in [-0.25, -0.2) is 4.79 Å². The van der Waals surface area contributed by atoms with Crippen LogP contribution in [0, 0.1) is 0 Å². The Morgan fingerprint density at radius 3 is 2.67 bits per heavy atom. The first kappa shape index (κ1) is 16.3. The van der Waals surface area contributed by atoms with E-state index in [1.54, 1.807) is 0 Å². The molecule has 1 atom stereocenters. The largest absolute Gasteiger partial charge is 0.454 e. The summed E-state index contributed by atoms with van der Waals surface area (Å²) in [7, 11) is 0. The first-order chi connectivity index (χ1) is 11.5. The minimum Gasteiger partial charge on any atom is -0.454 e. The second kappa shape index (κ2) is 6.52. The summed E-state index contributed by atoms with van der Waals surface area (Å²) in [5.74, 6) is -1.80. The molecule has 7 nitrogen and oxygen atoms in total. The van der Waals surface area contributed by atoms with Crippen molar-refractivity contribution in [3.05, 3.63) is 34.9 Å². The van der Waals surface area contributed by atoms with Gasteiger partial charge >= 0.3 is 5.97 Å². The number of esters is 1. The Kier molecular flexibility index (Phi) is 4.44. The summed E-state index contributed by atoms with van der Waals surface area (Å²) in [6, 6.07) is 4.20. The smallest absolute Gasteiger partial charge is 0.338 e. The number of Topliss-reactive ketones (excluding diaryl/α,β-unsaturated/α-hetero) is 1. The molecule has 0 bridgehead atoms. The number of amides is 2. The van der Waals surface area contributed by atoms with Crippen molar-refractivity contribution in [1.29, 1.82) is 0 Å². The summed E-state index contributed by atoms with van der Waals surface area (Å²) >= 11 is 0. The fraction of sp³-hybridized carbons (Fsp3) is 0.412. The molecule has 0 N–H and O–H groups in total. The van der Waals surface area contributed by atoms with E-state index in [-0.39, 0.29) is 47.6 Å². The van der Waals surface area contributed by atoms with E-state index < -0.39 is 11.9 Å². The highest BCUT2D eigenvalue weighted by molar-refractivity contribution is 6.22. The van der Waals surface area contributed by atoms with E-state index >= 15 is 0 Å². The van der Waals surface area contributed by atoms with E-state index in [4.69, 9.17) is 9.47 Å². The number of benzene rings is 1. The van der Waals surface area contributed by atoms with Gasteiger partial charge in [-0.1, -0.05) is 0 Å². The molecule has 3 rings (SSSR count). The van der Waals surface area contributed by atoms with Gasteiger partial charge in [0.05, 0.1) is 29.3 Å². The number of hydrogen-bond donors (Lipinski definition) is 0. The maximum absolute atomic E-state index is 12.5. The minimum absolute atomic E-state index is 0.132. The van der Waals surface area contributed by atoms with Crippen molar-refractivity contribution < 1.29 is 28.7 Å². The van der Waals surface area contributed by atoms with Crippen molar-refractivity contribution in [2.45, 2.75) is 25.9 Å². The Hall–Kier alpha value is -2.54. The number of fused-ring (bicyclic) bond motifs is 1. The molecule has 1 saturated heterocycles. The Bertz CT molecular complexity index is 720. The molecule has 0 radical (unpaired) electrons. The van der Waals surface area contributed by atoms with Crippen LogP contribution in [0.5, 0.6) is 0 Å². The average molecular weight is 331 g/mol. The van der Waals surface area contributed by atoms with Crippen LogP contribution in [0.25, 0.3) is 0 Å². The number of ether oxygens (including phenoxy) is 2. The van der Waals surface area contributed by atoms with Crippen molar-refractivity contribution >= 4 is 23.6 Å². The highest BCUT2D eigenvalue weighted by Crippen LogP contribution is 2.26.